The van der Waals surface area contributed by atoms with Crippen LogP contribution in [-0.4, -0.2) is 6.04 Å². The molecule has 1 unspecified atom stereocenters. The Kier molecular flexibility index (Phi) is 5.52. The summed E-state index contributed by atoms with van der Waals surface area (Å²) in [5.41, 5.74) is 2.73. The first-order chi connectivity index (χ1) is 5.72. The molecule has 12 heavy (non-hydrogen) atoms. The molecule has 1 rings (SSSR count). The molecule has 1 atom stereocenters. The third-order valence-electron chi connectivity index (χ3n) is 1.71. The van der Waals surface area contributed by atoms with Gasteiger partial charge in [0.2, 0.25) is 0 Å². The fraction of sp³-hybridized carbons (Fsp3) is 0.636. The topological polar surface area (TPSA) is 12.0 Å². The Hall–Kier alpha value is -0.720. The van der Waals surface area contributed by atoms with E-state index in [0.29, 0.717) is 6.04 Å². The summed E-state index contributed by atoms with van der Waals surface area (Å²) in [4.78, 5) is 0. The van der Waals surface area contributed by atoms with E-state index < -0.39 is 0 Å². The van der Waals surface area contributed by atoms with E-state index in [2.05, 4.69) is 38.2 Å². The van der Waals surface area contributed by atoms with Gasteiger partial charge in [0.1, 0.15) is 0 Å². The molecule has 0 saturated heterocycles. The average molecular weight is 167 g/mol. The van der Waals surface area contributed by atoms with E-state index in [4.69, 9.17) is 0 Å². The molecular formula is C11H21N. The van der Waals surface area contributed by atoms with Gasteiger partial charge in [0.15, 0.2) is 0 Å². The summed E-state index contributed by atoms with van der Waals surface area (Å²) >= 11 is 0. The van der Waals surface area contributed by atoms with Gasteiger partial charge >= 0.3 is 0 Å². The van der Waals surface area contributed by atoms with Crippen LogP contribution >= 0.6 is 0 Å². The normalized spacial score (nSPS) is 21.2. The van der Waals surface area contributed by atoms with Gasteiger partial charge in [-0.25, -0.2) is 0 Å². The Labute approximate surface area is 76.6 Å². The predicted octanol–water partition coefficient (Wildman–Crippen LogP) is 3.24. The number of rotatable bonds is 1. The lowest BCUT2D eigenvalue weighted by molar-refractivity contribution is 0.686. The zero-order valence-electron chi connectivity index (χ0n) is 8.94. The lowest BCUT2D eigenvalue weighted by Gasteiger charge is -2.19. The van der Waals surface area contributed by atoms with Crippen molar-refractivity contribution in [2.45, 2.75) is 47.1 Å². The highest BCUT2D eigenvalue weighted by molar-refractivity contribution is 5.27. The number of hydrogen-bond donors (Lipinski definition) is 1. The Morgan fingerprint density at radius 1 is 1.42 bits per heavy atom. The molecule has 1 aliphatic heterocycles. The van der Waals surface area contributed by atoms with Crippen molar-refractivity contribution in [1.82, 2.24) is 5.32 Å². The Bertz CT molecular complexity index is 177. The van der Waals surface area contributed by atoms with Crippen LogP contribution in [0, 0.1) is 0 Å². The van der Waals surface area contributed by atoms with Crippen LogP contribution in [-0.2, 0) is 0 Å². The first-order valence-electron chi connectivity index (χ1n) is 4.88. The van der Waals surface area contributed by atoms with Crippen LogP contribution in [0.1, 0.15) is 41.0 Å². The van der Waals surface area contributed by atoms with Gasteiger partial charge in [-0.15, -0.1) is 0 Å². The molecule has 0 aromatic heterocycles. The number of nitrogens with one attached hydrogen (secondary N) is 1. The second-order valence-corrected chi connectivity index (χ2v) is 2.87. The maximum absolute atomic E-state index is 3.38. The molecular weight excluding hydrogens is 146 g/mol. The minimum Gasteiger partial charge on any atom is -0.382 e. The predicted molar refractivity (Wildman–Crippen MR) is 56.1 cm³/mol. The molecule has 1 aliphatic rings. The number of allylic oxidation sites excluding steroid dienone is 3. The van der Waals surface area contributed by atoms with Crippen LogP contribution in [0.4, 0.5) is 0 Å². The molecule has 0 fully saturated rings. The second kappa shape index (κ2) is 5.87. The highest BCUT2D eigenvalue weighted by Gasteiger charge is 2.04. The van der Waals surface area contributed by atoms with Gasteiger partial charge in [-0.05, 0) is 26.3 Å². The third-order valence-corrected chi connectivity index (χ3v) is 1.71. The zero-order chi connectivity index (χ0) is 9.56. The first-order valence-corrected chi connectivity index (χ1v) is 4.88. The van der Waals surface area contributed by atoms with E-state index in [1.165, 1.54) is 11.3 Å². The fourth-order valence-corrected chi connectivity index (χ4v) is 1.30. The minimum atomic E-state index is 0.514. The van der Waals surface area contributed by atoms with Gasteiger partial charge < -0.3 is 5.32 Å². The molecule has 1 heterocycles. The van der Waals surface area contributed by atoms with Crippen LogP contribution in [0.3, 0.4) is 0 Å². The van der Waals surface area contributed by atoms with Crippen molar-refractivity contribution in [3.8, 4) is 0 Å². The molecule has 1 heteroatoms. The quantitative estimate of drug-likeness (QED) is 0.632. The van der Waals surface area contributed by atoms with Crippen molar-refractivity contribution in [2.75, 3.05) is 0 Å². The smallest absolute Gasteiger partial charge is 0.0418 e. The molecule has 0 aromatic carbocycles. The van der Waals surface area contributed by atoms with Crippen LogP contribution < -0.4 is 5.32 Å². The van der Waals surface area contributed by atoms with E-state index in [1.807, 2.05) is 13.8 Å². The first kappa shape index (κ1) is 11.3. The lowest BCUT2D eigenvalue weighted by atomic mass is 10.1. The Balaban J connectivity index is 0.000000561. The molecule has 1 N–H and O–H groups in total. The van der Waals surface area contributed by atoms with Crippen molar-refractivity contribution in [3.05, 3.63) is 23.4 Å². The van der Waals surface area contributed by atoms with Crippen molar-refractivity contribution >= 4 is 0 Å². The maximum atomic E-state index is 3.38. The molecule has 70 valence electrons. The van der Waals surface area contributed by atoms with E-state index >= 15 is 0 Å². The van der Waals surface area contributed by atoms with Gasteiger partial charge in [-0.1, -0.05) is 32.4 Å². The number of dihydropyridines is 1. The summed E-state index contributed by atoms with van der Waals surface area (Å²) in [6, 6.07) is 0.514. The Morgan fingerprint density at radius 3 is 2.42 bits per heavy atom. The van der Waals surface area contributed by atoms with Gasteiger partial charge in [-0.2, -0.15) is 0 Å². The summed E-state index contributed by atoms with van der Waals surface area (Å²) in [6.07, 6.45) is 5.55. The summed E-state index contributed by atoms with van der Waals surface area (Å²) < 4.78 is 0. The van der Waals surface area contributed by atoms with E-state index in [-0.39, 0.29) is 0 Å². The van der Waals surface area contributed by atoms with Crippen molar-refractivity contribution < 1.29 is 0 Å². The summed E-state index contributed by atoms with van der Waals surface area (Å²) in [6.45, 7) is 10.5. The minimum absolute atomic E-state index is 0.514. The summed E-state index contributed by atoms with van der Waals surface area (Å²) in [5.74, 6) is 0. The van der Waals surface area contributed by atoms with Crippen molar-refractivity contribution in [3.63, 3.8) is 0 Å². The van der Waals surface area contributed by atoms with Crippen LogP contribution in [0.15, 0.2) is 23.4 Å². The molecule has 0 aromatic rings. The van der Waals surface area contributed by atoms with Gasteiger partial charge in [0.05, 0.1) is 0 Å². The highest BCUT2D eigenvalue weighted by Crippen LogP contribution is 2.10. The molecule has 0 bridgehead atoms. The van der Waals surface area contributed by atoms with E-state index in [1.54, 1.807) is 0 Å². The van der Waals surface area contributed by atoms with Crippen LogP contribution in [0.2, 0.25) is 0 Å². The number of hydrogen-bond acceptors (Lipinski definition) is 1. The van der Waals surface area contributed by atoms with Crippen molar-refractivity contribution in [1.29, 1.82) is 0 Å². The van der Waals surface area contributed by atoms with E-state index in [9.17, 15) is 0 Å². The summed E-state index contributed by atoms with van der Waals surface area (Å²) in [7, 11) is 0. The van der Waals surface area contributed by atoms with Gasteiger partial charge in [0.25, 0.3) is 0 Å². The largest absolute Gasteiger partial charge is 0.382 e. The summed E-state index contributed by atoms with van der Waals surface area (Å²) in [5, 5.41) is 3.38. The molecule has 0 saturated carbocycles. The van der Waals surface area contributed by atoms with Crippen LogP contribution in [0.5, 0.6) is 0 Å². The Morgan fingerprint density at radius 2 is 2.00 bits per heavy atom. The van der Waals surface area contributed by atoms with Crippen molar-refractivity contribution in [2.24, 2.45) is 0 Å². The molecule has 0 radical (unpaired) electrons. The third kappa shape index (κ3) is 3.61. The molecule has 1 nitrogen and oxygen atoms in total. The average Bonchev–Trinajstić information content (AvgIpc) is 2.06. The van der Waals surface area contributed by atoms with E-state index in [0.717, 1.165) is 6.42 Å². The second-order valence-electron chi connectivity index (χ2n) is 2.87. The van der Waals surface area contributed by atoms with Gasteiger partial charge in [0, 0.05) is 11.7 Å². The fourth-order valence-electron chi connectivity index (χ4n) is 1.30. The maximum Gasteiger partial charge on any atom is 0.0418 e. The standard InChI is InChI=1S/C9H15N.C2H6/c1-4-9-6-7(2)5-8(3)10-9;1-2/h5-6,8,10H,4H2,1-3H3;1-2H3. The lowest BCUT2D eigenvalue weighted by Crippen LogP contribution is -2.25. The SMILES string of the molecule is CC.CCC1=CC(C)=CC(C)N1. The van der Waals surface area contributed by atoms with Crippen LogP contribution in [0.25, 0.3) is 0 Å². The molecule has 0 aliphatic carbocycles. The highest BCUT2D eigenvalue weighted by atomic mass is 14.9. The molecule has 0 amide bonds. The molecule has 0 spiro atoms. The zero-order valence-corrected chi connectivity index (χ0v) is 8.94. The van der Waals surface area contributed by atoms with Gasteiger partial charge in [-0.3, -0.25) is 0 Å². The monoisotopic (exact) mass is 167 g/mol.